The van der Waals surface area contributed by atoms with Crippen molar-refractivity contribution < 1.29 is 9.13 Å². The highest BCUT2D eigenvalue weighted by Gasteiger charge is 2.05. The molecular formula is C15H16FNO. The van der Waals surface area contributed by atoms with Crippen LogP contribution >= 0.6 is 0 Å². The van der Waals surface area contributed by atoms with Crippen LogP contribution in [0.4, 0.5) is 4.39 Å². The fraction of sp³-hybridized carbons (Fsp3) is 0.200. The quantitative estimate of drug-likeness (QED) is 0.813. The van der Waals surface area contributed by atoms with Crippen molar-refractivity contribution in [2.75, 3.05) is 14.1 Å². The van der Waals surface area contributed by atoms with Crippen molar-refractivity contribution in [3.63, 3.8) is 0 Å². The van der Waals surface area contributed by atoms with Gasteiger partial charge < -0.3 is 9.64 Å². The lowest BCUT2D eigenvalue weighted by Gasteiger charge is -2.14. The monoisotopic (exact) mass is 244 g/mol. The minimum atomic E-state index is -0.260. The minimum absolute atomic E-state index is 0.260. The molecule has 0 aliphatic rings. The zero-order valence-corrected chi connectivity index (χ0v) is 10.6. The molecule has 3 heteroatoms. The fourth-order valence-corrected chi connectivity index (χ4v) is 1.70. The molecule has 0 fully saturated rings. The molecule has 0 spiro atoms. The van der Waals surface area contributed by atoms with E-state index < -0.39 is 0 Å². The first kappa shape index (κ1) is 12.6. The Balaban J connectivity index is 2.20. The lowest BCUT2D eigenvalue weighted by Crippen LogP contribution is -2.11. The Morgan fingerprint density at radius 2 is 1.67 bits per heavy atom. The van der Waals surface area contributed by atoms with Crippen molar-refractivity contribution in [1.82, 2.24) is 4.90 Å². The number of para-hydroxylation sites is 1. The van der Waals surface area contributed by atoms with E-state index in [2.05, 4.69) is 4.90 Å². The van der Waals surface area contributed by atoms with Gasteiger partial charge >= 0.3 is 0 Å². The number of rotatable bonds is 4. The third-order valence-electron chi connectivity index (χ3n) is 2.50. The van der Waals surface area contributed by atoms with Crippen LogP contribution in [0.1, 0.15) is 5.56 Å². The molecule has 18 heavy (non-hydrogen) atoms. The predicted octanol–water partition coefficient (Wildman–Crippen LogP) is 3.68. The first-order valence-electron chi connectivity index (χ1n) is 5.81. The SMILES string of the molecule is CN(C)Cc1ccccc1Oc1ccc([18F])cc1. The van der Waals surface area contributed by atoms with E-state index in [9.17, 15) is 4.39 Å². The maximum atomic E-state index is 12.8. The second-order valence-electron chi connectivity index (χ2n) is 4.40. The molecule has 0 heterocycles. The van der Waals surface area contributed by atoms with Crippen LogP contribution in [0, 0.1) is 5.82 Å². The van der Waals surface area contributed by atoms with Crippen molar-refractivity contribution in [2.24, 2.45) is 0 Å². The summed E-state index contributed by atoms with van der Waals surface area (Å²) in [6.45, 7) is 0.803. The minimum Gasteiger partial charge on any atom is -0.457 e. The summed E-state index contributed by atoms with van der Waals surface area (Å²) in [5.74, 6) is 1.18. The average molecular weight is 244 g/mol. The van der Waals surface area contributed by atoms with Gasteiger partial charge in [-0.25, -0.2) is 4.39 Å². The molecule has 0 N–H and O–H groups in total. The van der Waals surface area contributed by atoms with Gasteiger partial charge in [0.1, 0.15) is 17.3 Å². The maximum absolute atomic E-state index is 12.8. The molecule has 0 aliphatic carbocycles. The summed E-state index contributed by atoms with van der Waals surface area (Å²) in [5, 5.41) is 0. The molecule has 0 radical (unpaired) electrons. The molecule has 0 bridgehead atoms. The highest BCUT2D eigenvalue weighted by molar-refractivity contribution is 5.37. The van der Waals surface area contributed by atoms with E-state index in [-0.39, 0.29) is 5.82 Å². The van der Waals surface area contributed by atoms with Gasteiger partial charge in [0.15, 0.2) is 0 Å². The zero-order chi connectivity index (χ0) is 13.0. The highest BCUT2D eigenvalue weighted by Crippen LogP contribution is 2.25. The largest absolute Gasteiger partial charge is 0.457 e. The maximum Gasteiger partial charge on any atom is 0.131 e. The van der Waals surface area contributed by atoms with Crippen LogP contribution in [-0.2, 0) is 6.54 Å². The second-order valence-corrected chi connectivity index (χ2v) is 4.40. The van der Waals surface area contributed by atoms with Gasteiger partial charge in [-0.1, -0.05) is 18.2 Å². The third-order valence-corrected chi connectivity index (χ3v) is 2.50. The van der Waals surface area contributed by atoms with Crippen molar-refractivity contribution in [3.8, 4) is 11.5 Å². The molecule has 0 aliphatic heterocycles. The Hall–Kier alpha value is -1.87. The van der Waals surface area contributed by atoms with Gasteiger partial charge in [0, 0.05) is 12.1 Å². The summed E-state index contributed by atoms with van der Waals surface area (Å²) in [6.07, 6.45) is 0. The lowest BCUT2D eigenvalue weighted by atomic mass is 10.2. The Bertz CT molecular complexity index is 508. The lowest BCUT2D eigenvalue weighted by molar-refractivity contribution is 0.388. The Kier molecular flexibility index (Phi) is 3.95. The number of nitrogens with zero attached hydrogens (tertiary/aromatic N) is 1. The predicted molar refractivity (Wildman–Crippen MR) is 70.3 cm³/mol. The molecule has 0 saturated carbocycles. The summed E-state index contributed by atoms with van der Waals surface area (Å²) < 4.78 is 18.6. The van der Waals surface area contributed by atoms with Gasteiger partial charge in [0.25, 0.3) is 0 Å². The first-order chi connectivity index (χ1) is 8.65. The van der Waals surface area contributed by atoms with Crippen LogP contribution in [0.3, 0.4) is 0 Å². The third kappa shape index (κ3) is 3.31. The topological polar surface area (TPSA) is 12.5 Å². The molecule has 0 atom stereocenters. The molecule has 2 nitrogen and oxygen atoms in total. The van der Waals surface area contributed by atoms with E-state index >= 15 is 0 Å². The number of hydrogen-bond donors (Lipinski definition) is 0. The number of halogens is 1. The van der Waals surface area contributed by atoms with Gasteiger partial charge in [-0.2, -0.15) is 0 Å². The first-order valence-corrected chi connectivity index (χ1v) is 5.81. The Labute approximate surface area is 107 Å². The van der Waals surface area contributed by atoms with E-state index in [4.69, 9.17) is 4.74 Å². The standard InChI is InChI=1S/C15H16FNO/c1-17(2)11-12-5-3-4-6-15(12)18-14-9-7-13(16)8-10-14/h3-10H,11H2,1-2H3/i16-1. The summed E-state index contributed by atoms with van der Waals surface area (Å²) in [6, 6.07) is 13.9. The summed E-state index contributed by atoms with van der Waals surface area (Å²) in [7, 11) is 4.02. The molecule has 0 saturated heterocycles. The van der Waals surface area contributed by atoms with Gasteiger partial charge in [-0.05, 0) is 44.4 Å². The van der Waals surface area contributed by atoms with E-state index in [0.717, 1.165) is 17.9 Å². The van der Waals surface area contributed by atoms with Crippen molar-refractivity contribution >= 4 is 0 Å². The number of ether oxygens (including phenoxy) is 1. The summed E-state index contributed by atoms with van der Waals surface area (Å²) in [4.78, 5) is 2.08. The second kappa shape index (κ2) is 5.65. The van der Waals surface area contributed by atoms with Crippen LogP contribution in [0.5, 0.6) is 11.5 Å². The number of hydrogen-bond acceptors (Lipinski definition) is 2. The molecule has 94 valence electrons. The van der Waals surface area contributed by atoms with Gasteiger partial charge in [0.2, 0.25) is 0 Å². The van der Waals surface area contributed by atoms with Gasteiger partial charge in [-0.15, -0.1) is 0 Å². The fourth-order valence-electron chi connectivity index (χ4n) is 1.70. The number of benzene rings is 2. The Morgan fingerprint density at radius 1 is 1.00 bits per heavy atom. The van der Waals surface area contributed by atoms with E-state index in [0.29, 0.717) is 5.75 Å². The average Bonchev–Trinajstić information content (AvgIpc) is 2.34. The van der Waals surface area contributed by atoms with Gasteiger partial charge in [-0.3, -0.25) is 0 Å². The van der Waals surface area contributed by atoms with E-state index in [1.807, 2.05) is 38.4 Å². The zero-order valence-electron chi connectivity index (χ0n) is 10.6. The van der Waals surface area contributed by atoms with Crippen LogP contribution in [0.2, 0.25) is 0 Å². The summed E-state index contributed by atoms with van der Waals surface area (Å²) in [5.41, 5.74) is 1.10. The molecule has 2 rings (SSSR count). The van der Waals surface area contributed by atoms with Crippen molar-refractivity contribution in [3.05, 3.63) is 59.9 Å². The van der Waals surface area contributed by atoms with Crippen molar-refractivity contribution in [1.29, 1.82) is 0 Å². The van der Waals surface area contributed by atoms with E-state index in [1.165, 1.54) is 12.1 Å². The van der Waals surface area contributed by atoms with Crippen LogP contribution < -0.4 is 4.74 Å². The normalized spacial score (nSPS) is 10.7. The van der Waals surface area contributed by atoms with E-state index in [1.54, 1.807) is 12.1 Å². The summed E-state index contributed by atoms with van der Waals surface area (Å²) >= 11 is 0. The van der Waals surface area contributed by atoms with Crippen LogP contribution in [0.15, 0.2) is 48.5 Å². The molecule has 0 aromatic heterocycles. The Morgan fingerprint density at radius 3 is 2.33 bits per heavy atom. The van der Waals surface area contributed by atoms with Crippen LogP contribution in [0.25, 0.3) is 0 Å². The van der Waals surface area contributed by atoms with Gasteiger partial charge in [0.05, 0.1) is 0 Å². The smallest absolute Gasteiger partial charge is 0.131 e. The highest BCUT2D eigenvalue weighted by atomic mass is 18.2. The molecule has 2 aromatic carbocycles. The molecule has 0 unspecified atom stereocenters. The molecule has 2 aromatic rings. The molecule has 0 amide bonds. The van der Waals surface area contributed by atoms with Crippen LogP contribution in [-0.4, -0.2) is 19.0 Å². The molecular weight excluding hydrogens is 228 g/mol. The van der Waals surface area contributed by atoms with Crippen molar-refractivity contribution in [2.45, 2.75) is 6.54 Å².